The van der Waals surface area contributed by atoms with Crippen molar-refractivity contribution in [2.45, 2.75) is 26.2 Å². The van der Waals surface area contributed by atoms with Gasteiger partial charge in [-0.15, -0.1) is 0 Å². The average Bonchev–Trinajstić information content (AvgIpc) is 3.08. The third-order valence-corrected chi connectivity index (χ3v) is 7.02. The second-order valence-electron chi connectivity index (χ2n) is 8.96. The molecule has 1 saturated carbocycles. The number of aromatic amines is 1. The van der Waals surface area contributed by atoms with Crippen molar-refractivity contribution in [1.82, 2.24) is 14.8 Å². The van der Waals surface area contributed by atoms with E-state index in [0.29, 0.717) is 32.0 Å². The van der Waals surface area contributed by atoms with Gasteiger partial charge in [0.25, 0.3) is 0 Å². The number of nitrogens with zero attached hydrogens (tertiary/aromatic N) is 2. The van der Waals surface area contributed by atoms with E-state index in [0.717, 1.165) is 35.9 Å². The van der Waals surface area contributed by atoms with Crippen LogP contribution in [0.2, 0.25) is 0 Å². The van der Waals surface area contributed by atoms with Crippen LogP contribution in [0.3, 0.4) is 0 Å². The number of H-pyrrole nitrogens is 1. The number of hydrogen-bond acceptors (Lipinski definition) is 3. The molecule has 1 aromatic heterocycles. The molecule has 28 heavy (non-hydrogen) atoms. The molecule has 6 nitrogen and oxygen atoms in total. The van der Waals surface area contributed by atoms with E-state index in [4.69, 9.17) is 0 Å². The Bertz CT molecular complexity index is 952. The first-order valence-electron chi connectivity index (χ1n) is 10.2. The molecular weight excluding hydrogens is 354 g/mol. The van der Waals surface area contributed by atoms with Crippen LogP contribution in [-0.4, -0.2) is 64.5 Å². The van der Waals surface area contributed by atoms with Gasteiger partial charge in [0.15, 0.2) is 0 Å². The van der Waals surface area contributed by atoms with Gasteiger partial charge < -0.3 is 19.9 Å². The van der Waals surface area contributed by atoms with Gasteiger partial charge in [-0.05, 0) is 43.4 Å². The van der Waals surface area contributed by atoms with Gasteiger partial charge in [-0.25, -0.2) is 0 Å². The summed E-state index contributed by atoms with van der Waals surface area (Å²) in [7, 11) is 0. The van der Waals surface area contributed by atoms with Crippen molar-refractivity contribution in [3.05, 3.63) is 35.5 Å². The number of rotatable bonds is 4. The molecule has 0 bridgehead atoms. The van der Waals surface area contributed by atoms with Crippen LogP contribution >= 0.6 is 0 Å². The van der Waals surface area contributed by atoms with Gasteiger partial charge in [0.2, 0.25) is 11.8 Å². The number of aliphatic hydroxyl groups excluding tert-OH is 1. The Morgan fingerprint density at radius 3 is 2.93 bits per heavy atom. The molecule has 2 saturated heterocycles. The molecule has 2 aromatic rings. The first-order valence-corrected chi connectivity index (χ1v) is 10.2. The highest BCUT2D eigenvalue weighted by molar-refractivity contribution is 5.92. The van der Waals surface area contributed by atoms with E-state index in [1.54, 1.807) is 0 Å². The first kappa shape index (κ1) is 17.7. The van der Waals surface area contributed by atoms with Crippen molar-refractivity contribution in [3.8, 4) is 0 Å². The maximum atomic E-state index is 13.1. The molecule has 0 spiro atoms. The average molecular weight is 381 g/mol. The van der Waals surface area contributed by atoms with Gasteiger partial charge in [-0.3, -0.25) is 9.59 Å². The second kappa shape index (κ2) is 6.34. The lowest BCUT2D eigenvalue weighted by molar-refractivity contribution is -0.137. The van der Waals surface area contributed by atoms with Gasteiger partial charge in [-0.2, -0.15) is 0 Å². The molecule has 3 heterocycles. The van der Waals surface area contributed by atoms with Crippen molar-refractivity contribution < 1.29 is 14.7 Å². The van der Waals surface area contributed by atoms with Crippen molar-refractivity contribution in [2.24, 2.45) is 17.3 Å². The highest BCUT2D eigenvalue weighted by Gasteiger charge is 2.66. The summed E-state index contributed by atoms with van der Waals surface area (Å²) in [6, 6.07) is 6.23. The molecule has 1 aromatic carbocycles. The SMILES string of the molecule is Cc1ccc2[nH]cc(CC(=O)N3CC4CC4(C(=O)N4CC[C@H](CO)C4)C3)c2c1. The van der Waals surface area contributed by atoms with Crippen molar-refractivity contribution in [3.63, 3.8) is 0 Å². The number of aryl methyl sites for hydroxylation is 1. The van der Waals surface area contributed by atoms with E-state index < -0.39 is 0 Å². The van der Waals surface area contributed by atoms with Gasteiger partial charge >= 0.3 is 0 Å². The van der Waals surface area contributed by atoms with Gasteiger partial charge in [0.05, 0.1) is 11.8 Å². The number of fused-ring (bicyclic) bond motifs is 2. The lowest BCUT2D eigenvalue weighted by atomic mass is 10.0. The summed E-state index contributed by atoms with van der Waals surface area (Å²) in [6.07, 6.45) is 4.09. The largest absolute Gasteiger partial charge is 0.396 e. The number of hydrogen-bond donors (Lipinski definition) is 2. The predicted octanol–water partition coefficient (Wildman–Crippen LogP) is 1.71. The zero-order chi connectivity index (χ0) is 19.5. The summed E-state index contributed by atoms with van der Waals surface area (Å²) < 4.78 is 0. The first-order chi connectivity index (χ1) is 13.5. The maximum Gasteiger partial charge on any atom is 0.230 e. The summed E-state index contributed by atoms with van der Waals surface area (Å²) in [5, 5.41) is 10.4. The van der Waals surface area contributed by atoms with Gasteiger partial charge in [-0.1, -0.05) is 11.6 Å². The number of amides is 2. The molecule has 2 aliphatic heterocycles. The molecule has 5 rings (SSSR count). The van der Waals surface area contributed by atoms with Gasteiger partial charge in [0, 0.05) is 55.8 Å². The Morgan fingerprint density at radius 1 is 1.29 bits per heavy atom. The van der Waals surface area contributed by atoms with E-state index in [1.165, 1.54) is 5.56 Å². The molecular formula is C22H27N3O3. The molecule has 2 amide bonds. The quantitative estimate of drug-likeness (QED) is 0.847. The molecule has 3 fully saturated rings. The number of aliphatic hydroxyl groups is 1. The molecule has 1 aliphatic carbocycles. The number of likely N-dealkylation sites (tertiary alicyclic amines) is 2. The van der Waals surface area contributed by atoms with Crippen LogP contribution in [0, 0.1) is 24.2 Å². The molecule has 6 heteroatoms. The van der Waals surface area contributed by atoms with Crippen LogP contribution in [0.5, 0.6) is 0 Å². The number of nitrogens with one attached hydrogen (secondary N) is 1. The smallest absolute Gasteiger partial charge is 0.230 e. The fourth-order valence-corrected chi connectivity index (χ4v) is 5.20. The second-order valence-corrected chi connectivity index (χ2v) is 8.96. The Labute approximate surface area is 164 Å². The molecule has 3 atom stereocenters. The normalized spacial score (nSPS) is 28.8. The minimum atomic E-state index is -0.350. The van der Waals surface area contributed by atoms with Gasteiger partial charge in [0.1, 0.15) is 0 Å². The van der Waals surface area contributed by atoms with E-state index in [1.807, 2.05) is 22.1 Å². The summed E-state index contributed by atoms with van der Waals surface area (Å²) in [6.45, 7) is 4.85. The fourth-order valence-electron chi connectivity index (χ4n) is 5.20. The summed E-state index contributed by atoms with van der Waals surface area (Å²) in [5.41, 5.74) is 2.91. The third-order valence-electron chi connectivity index (χ3n) is 7.02. The molecule has 3 aliphatic rings. The Morgan fingerprint density at radius 2 is 2.14 bits per heavy atom. The highest BCUT2D eigenvalue weighted by Crippen LogP contribution is 2.59. The number of carbonyl (C=O) groups is 2. The predicted molar refractivity (Wildman–Crippen MR) is 106 cm³/mol. The summed E-state index contributed by atoms with van der Waals surface area (Å²) in [4.78, 5) is 33.1. The molecule has 2 N–H and O–H groups in total. The number of aromatic nitrogens is 1. The third kappa shape index (κ3) is 2.73. The summed E-state index contributed by atoms with van der Waals surface area (Å²) >= 11 is 0. The Balaban J connectivity index is 1.27. The lowest BCUT2D eigenvalue weighted by Crippen LogP contribution is -2.41. The van der Waals surface area contributed by atoms with Crippen LogP contribution in [0.4, 0.5) is 0 Å². The topological polar surface area (TPSA) is 76.6 Å². The standard InChI is InChI=1S/C22H27N3O3/c1-14-2-3-19-18(6-14)16(9-23-19)7-20(27)25-11-17-8-22(17,13-25)21(28)24-5-4-15(10-24)12-26/h2-3,6,9,15,17,23,26H,4-5,7-8,10-13H2,1H3/t15-,17?,22?/m0/s1. The van der Waals surface area contributed by atoms with Crippen LogP contribution < -0.4 is 0 Å². The zero-order valence-corrected chi connectivity index (χ0v) is 16.3. The monoisotopic (exact) mass is 381 g/mol. The van der Waals surface area contributed by atoms with E-state index in [2.05, 4.69) is 24.0 Å². The van der Waals surface area contributed by atoms with Crippen molar-refractivity contribution >= 4 is 22.7 Å². The number of benzene rings is 1. The number of carbonyl (C=O) groups excluding carboxylic acids is 2. The van der Waals surface area contributed by atoms with Crippen molar-refractivity contribution in [2.75, 3.05) is 32.8 Å². The Hall–Kier alpha value is -2.34. The number of piperidine rings is 1. The fraction of sp³-hybridized carbons (Fsp3) is 0.545. The molecule has 148 valence electrons. The minimum Gasteiger partial charge on any atom is -0.396 e. The Kier molecular flexibility index (Phi) is 4.02. The molecule has 2 unspecified atom stereocenters. The van der Waals surface area contributed by atoms with Crippen LogP contribution in [0.1, 0.15) is 24.0 Å². The summed E-state index contributed by atoms with van der Waals surface area (Å²) in [5.74, 6) is 0.826. The van der Waals surface area contributed by atoms with E-state index in [-0.39, 0.29) is 29.8 Å². The molecule has 0 radical (unpaired) electrons. The minimum absolute atomic E-state index is 0.108. The van der Waals surface area contributed by atoms with Crippen LogP contribution in [0.25, 0.3) is 10.9 Å². The highest BCUT2D eigenvalue weighted by atomic mass is 16.3. The maximum absolute atomic E-state index is 13.1. The van der Waals surface area contributed by atoms with Crippen molar-refractivity contribution in [1.29, 1.82) is 0 Å². The van der Waals surface area contributed by atoms with E-state index in [9.17, 15) is 14.7 Å². The lowest BCUT2D eigenvalue weighted by Gasteiger charge is -2.24. The van der Waals surface area contributed by atoms with Crippen LogP contribution in [0.15, 0.2) is 24.4 Å². The van der Waals surface area contributed by atoms with E-state index >= 15 is 0 Å². The zero-order valence-electron chi connectivity index (χ0n) is 16.3. The van der Waals surface area contributed by atoms with Crippen LogP contribution in [-0.2, 0) is 16.0 Å².